The summed E-state index contributed by atoms with van der Waals surface area (Å²) in [5.41, 5.74) is 1.25. The minimum absolute atomic E-state index is 0.629. The largest absolute Gasteiger partial charge is 0.345 e. The van der Waals surface area contributed by atoms with Crippen LogP contribution >= 0.6 is 0 Å². The van der Waals surface area contributed by atoms with Crippen LogP contribution in [0.5, 0.6) is 0 Å². The number of fused-ring (bicyclic) bond motifs is 1. The molecule has 3 heteroatoms. The maximum Gasteiger partial charge on any atom is 0.0667 e. The Morgan fingerprint density at radius 3 is 3.25 bits per heavy atom. The fourth-order valence-corrected chi connectivity index (χ4v) is 2.50. The van der Waals surface area contributed by atoms with Crippen molar-refractivity contribution in [1.82, 2.24) is 14.9 Å². The van der Waals surface area contributed by atoms with Crippen molar-refractivity contribution in [2.75, 3.05) is 6.54 Å². The van der Waals surface area contributed by atoms with Crippen LogP contribution in [0.25, 0.3) is 10.9 Å². The summed E-state index contributed by atoms with van der Waals surface area (Å²) >= 11 is 0. The molecular formula is C13H17N3. The minimum Gasteiger partial charge on any atom is -0.345 e. The van der Waals surface area contributed by atoms with E-state index in [-0.39, 0.29) is 0 Å². The van der Waals surface area contributed by atoms with Crippen molar-refractivity contribution in [3.63, 3.8) is 0 Å². The summed E-state index contributed by atoms with van der Waals surface area (Å²) in [5, 5.41) is 4.86. The number of hydrogen-bond acceptors (Lipinski definition) is 2. The number of nitrogens with one attached hydrogen (secondary N) is 1. The number of nitrogens with zero attached hydrogens (tertiary/aromatic N) is 2. The van der Waals surface area contributed by atoms with Gasteiger partial charge in [0.15, 0.2) is 0 Å². The average molecular weight is 215 g/mol. The third-order valence-corrected chi connectivity index (χ3v) is 3.41. The zero-order valence-corrected chi connectivity index (χ0v) is 9.39. The molecule has 0 amide bonds. The fourth-order valence-electron chi connectivity index (χ4n) is 2.50. The van der Waals surface area contributed by atoms with E-state index in [0.717, 1.165) is 6.54 Å². The van der Waals surface area contributed by atoms with Crippen LogP contribution in [-0.4, -0.2) is 22.1 Å². The van der Waals surface area contributed by atoms with E-state index in [9.17, 15) is 0 Å². The number of aromatic nitrogens is 2. The first kappa shape index (κ1) is 9.85. The molecule has 84 valence electrons. The van der Waals surface area contributed by atoms with Gasteiger partial charge in [0.05, 0.1) is 11.7 Å². The van der Waals surface area contributed by atoms with E-state index in [0.29, 0.717) is 6.04 Å². The van der Waals surface area contributed by atoms with Crippen molar-refractivity contribution in [2.24, 2.45) is 0 Å². The van der Waals surface area contributed by atoms with E-state index in [1.54, 1.807) is 0 Å². The van der Waals surface area contributed by atoms with Crippen LogP contribution in [-0.2, 0) is 6.54 Å². The Balaban J connectivity index is 1.83. The second-order valence-corrected chi connectivity index (χ2v) is 4.55. The maximum atomic E-state index is 4.20. The molecule has 0 aromatic carbocycles. The molecule has 0 aliphatic carbocycles. The lowest BCUT2D eigenvalue weighted by Gasteiger charge is -2.24. The zero-order valence-electron chi connectivity index (χ0n) is 9.39. The molecule has 2 aromatic heterocycles. The van der Waals surface area contributed by atoms with E-state index >= 15 is 0 Å². The second-order valence-electron chi connectivity index (χ2n) is 4.55. The molecule has 2 aromatic rings. The summed E-state index contributed by atoms with van der Waals surface area (Å²) in [6, 6.07) is 4.87. The summed E-state index contributed by atoms with van der Waals surface area (Å²) in [6.45, 7) is 2.23. The summed E-state index contributed by atoms with van der Waals surface area (Å²) in [4.78, 5) is 4.20. The van der Waals surface area contributed by atoms with Crippen molar-refractivity contribution in [3.8, 4) is 0 Å². The average Bonchev–Trinajstić information content (AvgIpc) is 2.74. The molecule has 1 aliphatic heterocycles. The predicted octanol–water partition coefficient (Wildman–Crippen LogP) is 2.18. The lowest BCUT2D eigenvalue weighted by molar-refractivity contribution is 0.366. The molecule has 0 saturated carbocycles. The van der Waals surface area contributed by atoms with Gasteiger partial charge in [-0.2, -0.15) is 0 Å². The number of piperidine rings is 1. The van der Waals surface area contributed by atoms with E-state index < -0.39 is 0 Å². The minimum atomic E-state index is 0.629. The molecule has 3 rings (SSSR count). The maximum absolute atomic E-state index is 4.20. The lowest BCUT2D eigenvalue weighted by Crippen LogP contribution is -2.37. The van der Waals surface area contributed by atoms with Gasteiger partial charge in [0.1, 0.15) is 0 Å². The van der Waals surface area contributed by atoms with E-state index in [1.165, 1.54) is 36.7 Å². The molecule has 1 fully saturated rings. The molecule has 0 radical (unpaired) electrons. The molecule has 1 unspecified atom stereocenters. The van der Waals surface area contributed by atoms with Crippen LogP contribution in [0, 0.1) is 0 Å². The lowest BCUT2D eigenvalue weighted by atomic mass is 10.1. The van der Waals surface area contributed by atoms with Gasteiger partial charge in [0, 0.05) is 30.4 Å². The van der Waals surface area contributed by atoms with Crippen molar-refractivity contribution in [1.29, 1.82) is 0 Å². The van der Waals surface area contributed by atoms with E-state index in [2.05, 4.69) is 33.2 Å². The molecule has 3 nitrogen and oxygen atoms in total. The van der Waals surface area contributed by atoms with Gasteiger partial charge in [0.2, 0.25) is 0 Å². The molecule has 0 spiro atoms. The van der Waals surface area contributed by atoms with E-state index in [4.69, 9.17) is 0 Å². The predicted molar refractivity (Wildman–Crippen MR) is 65.4 cm³/mol. The second kappa shape index (κ2) is 4.26. The monoisotopic (exact) mass is 215 g/mol. The first-order chi connectivity index (χ1) is 7.93. The molecule has 0 bridgehead atoms. The number of pyridine rings is 1. The standard InChI is InChI=1S/C13H17N3/c1-2-6-15-12(3-1)10-16-8-5-11-4-7-14-9-13(11)16/h4-5,7-9,12,15H,1-3,6,10H2. The molecule has 1 aliphatic rings. The molecule has 1 atom stereocenters. The first-order valence-electron chi connectivity index (χ1n) is 6.06. The molecule has 1 saturated heterocycles. The molecular weight excluding hydrogens is 198 g/mol. The summed E-state index contributed by atoms with van der Waals surface area (Å²) in [6.07, 6.45) is 9.95. The van der Waals surface area contributed by atoms with Gasteiger partial charge in [-0.25, -0.2) is 0 Å². The normalized spacial score (nSPS) is 21.4. The quantitative estimate of drug-likeness (QED) is 0.832. The highest BCUT2D eigenvalue weighted by Gasteiger charge is 2.13. The Bertz CT molecular complexity index is 469. The third-order valence-electron chi connectivity index (χ3n) is 3.41. The summed E-state index contributed by atoms with van der Waals surface area (Å²) in [5.74, 6) is 0. The van der Waals surface area contributed by atoms with Gasteiger partial charge in [-0.15, -0.1) is 0 Å². The highest BCUT2D eigenvalue weighted by atomic mass is 15.0. The van der Waals surface area contributed by atoms with Crippen LogP contribution in [0.4, 0.5) is 0 Å². The SMILES string of the molecule is c1cc2ccn(CC3CCCCN3)c2cn1. The Kier molecular flexibility index (Phi) is 2.62. The summed E-state index contributed by atoms with van der Waals surface area (Å²) in [7, 11) is 0. The van der Waals surface area contributed by atoms with Crippen LogP contribution in [0.15, 0.2) is 30.7 Å². The molecule has 16 heavy (non-hydrogen) atoms. The first-order valence-corrected chi connectivity index (χ1v) is 6.06. The van der Waals surface area contributed by atoms with Crippen molar-refractivity contribution in [3.05, 3.63) is 30.7 Å². The number of rotatable bonds is 2. The molecule has 3 heterocycles. The topological polar surface area (TPSA) is 29.9 Å². The highest BCUT2D eigenvalue weighted by Crippen LogP contribution is 2.16. The molecule has 1 N–H and O–H groups in total. The van der Waals surface area contributed by atoms with Gasteiger partial charge < -0.3 is 9.88 Å². The Morgan fingerprint density at radius 1 is 1.38 bits per heavy atom. The van der Waals surface area contributed by atoms with Crippen molar-refractivity contribution in [2.45, 2.75) is 31.8 Å². The van der Waals surface area contributed by atoms with Crippen molar-refractivity contribution < 1.29 is 0 Å². The van der Waals surface area contributed by atoms with Crippen LogP contribution in [0.2, 0.25) is 0 Å². The van der Waals surface area contributed by atoms with Crippen LogP contribution in [0.3, 0.4) is 0 Å². The Hall–Kier alpha value is -1.35. The fraction of sp³-hybridized carbons (Fsp3) is 0.462. The van der Waals surface area contributed by atoms with Gasteiger partial charge in [-0.3, -0.25) is 4.98 Å². The van der Waals surface area contributed by atoms with Gasteiger partial charge in [-0.05, 0) is 31.5 Å². The van der Waals surface area contributed by atoms with Gasteiger partial charge in [-0.1, -0.05) is 6.42 Å². The Morgan fingerprint density at radius 2 is 2.38 bits per heavy atom. The number of hydrogen-bond donors (Lipinski definition) is 1. The summed E-state index contributed by atoms with van der Waals surface area (Å²) < 4.78 is 2.31. The van der Waals surface area contributed by atoms with Gasteiger partial charge >= 0.3 is 0 Å². The van der Waals surface area contributed by atoms with E-state index in [1.807, 2.05) is 12.4 Å². The zero-order chi connectivity index (χ0) is 10.8. The Labute approximate surface area is 95.5 Å². The highest BCUT2D eigenvalue weighted by molar-refractivity contribution is 5.78. The van der Waals surface area contributed by atoms with Crippen LogP contribution in [0.1, 0.15) is 19.3 Å². The smallest absolute Gasteiger partial charge is 0.0667 e. The van der Waals surface area contributed by atoms with Gasteiger partial charge in [0.25, 0.3) is 0 Å². The van der Waals surface area contributed by atoms with Crippen LogP contribution < -0.4 is 5.32 Å². The third kappa shape index (κ3) is 1.83. The van der Waals surface area contributed by atoms with Crippen molar-refractivity contribution >= 4 is 10.9 Å².